The first-order chi connectivity index (χ1) is 7.16. The number of nitrogens with two attached hydrogens (primary N) is 1. The summed E-state index contributed by atoms with van der Waals surface area (Å²) >= 11 is 5.73. The van der Waals surface area contributed by atoms with Gasteiger partial charge in [0.25, 0.3) is 0 Å². The molecule has 78 valence electrons. The molecule has 2 rings (SSSR count). The lowest BCUT2D eigenvalue weighted by Crippen LogP contribution is -2.17. The van der Waals surface area contributed by atoms with Gasteiger partial charge in [0.05, 0.1) is 6.54 Å². The second-order valence-electron chi connectivity index (χ2n) is 3.02. The van der Waals surface area contributed by atoms with Crippen LogP contribution >= 0.6 is 11.6 Å². The highest BCUT2D eigenvalue weighted by atomic mass is 35.5. The van der Waals surface area contributed by atoms with Gasteiger partial charge in [0.2, 0.25) is 5.95 Å². The fraction of sp³-hybridized carbons (Fsp3) is 0.111. The van der Waals surface area contributed by atoms with Crippen LogP contribution in [0.25, 0.3) is 0 Å². The van der Waals surface area contributed by atoms with Gasteiger partial charge in [0, 0.05) is 5.02 Å². The van der Waals surface area contributed by atoms with Gasteiger partial charge in [-0.25, -0.2) is 9.36 Å². The van der Waals surface area contributed by atoms with Gasteiger partial charge in [0.1, 0.15) is 0 Å². The van der Waals surface area contributed by atoms with E-state index < -0.39 is 5.76 Å². The number of hydrogen-bond donors (Lipinski definition) is 1. The van der Waals surface area contributed by atoms with Crippen molar-refractivity contribution in [2.75, 3.05) is 5.73 Å². The summed E-state index contributed by atoms with van der Waals surface area (Å²) in [7, 11) is 0. The van der Waals surface area contributed by atoms with E-state index in [0.717, 1.165) is 5.56 Å². The van der Waals surface area contributed by atoms with Crippen molar-refractivity contribution in [1.29, 1.82) is 0 Å². The highest BCUT2D eigenvalue weighted by Gasteiger charge is 2.06. The molecule has 0 saturated carbocycles. The molecule has 0 fully saturated rings. The molecule has 0 radical (unpaired) electrons. The maximum atomic E-state index is 11.1. The summed E-state index contributed by atoms with van der Waals surface area (Å²) in [6.45, 7) is 0.325. The molecule has 0 bridgehead atoms. The number of halogens is 1. The number of anilines is 1. The third kappa shape index (κ3) is 2.02. The van der Waals surface area contributed by atoms with Gasteiger partial charge >= 0.3 is 5.76 Å². The minimum Gasteiger partial charge on any atom is -0.366 e. The summed E-state index contributed by atoms with van der Waals surface area (Å²) in [5.74, 6) is -0.502. The zero-order valence-electron chi connectivity index (χ0n) is 7.68. The molecule has 1 heterocycles. The third-order valence-electron chi connectivity index (χ3n) is 1.97. The monoisotopic (exact) mass is 225 g/mol. The van der Waals surface area contributed by atoms with Crippen molar-refractivity contribution in [3.05, 3.63) is 45.4 Å². The highest BCUT2D eigenvalue weighted by Crippen LogP contribution is 2.10. The van der Waals surface area contributed by atoms with Crippen molar-refractivity contribution in [2.24, 2.45) is 0 Å². The number of nitrogens with zero attached hydrogens (tertiary/aromatic N) is 2. The minimum absolute atomic E-state index is 0.0648. The van der Waals surface area contributed by atoms with Crippen LogP contribution in [0.4, 0.5) is 5.95 Å². The summed E-state index contributed by atoms with van der Waals surface area (Å²) < 4.78 is 5.64. The van der Waals surface area contributed by atoms with Crippen molar-refractivity contribution >= 4 is 17.5 Å². The molecule has 1 aromatic carbocycles. The van der Waals surface area contributed by atoms with Crippen LogP contribution in [0.1, 0.15) is 5.56 Å². The smallest absolute Gasteiger partial charge is 0.366 e. The van der Waals surface area contributed by atoms with E-state index in [-0.39, 0.29) is 5.95 Å². The van der Waals surface area contributed by atoms with E-state index in [9.17, 15) is 4.79 Å². The Morgan fingerprint density at radius 2 is 2.07 bits per heavy atom. The SMILES string of the molecule is Nc1noc(=O)n1Cc1ccc(Cl)cc1. The molecule has 0 atom stereocenters. The van der Waals surface area contributed by atoms with Gasteiger partial charge in [-0.2, -0.15) is 0 Å². The largest absolute Gasteiger partial charge is 0.443 e. The van der Waals surface area contributed by atoms with Crippen LogP contribution in [0.3, 0.4) is 0 Å². The van der Waals surface area contributed by atoms with Crippen LogP contribution in [-0.2, 0) is 6.54 Å². The Labute approximate surface area is 90.1 Å². The highest BCUT2D eigenvalue weighted by molar-refractivity contribution is 6.30. The van der Waals surface area contributed by atoms with E-state index in [2.05, 4.69) is 9.68 Å². The van der Waals surface area contributed by atoms with Crippen LogP contribution < -0.4 is 11.5 Å². The summed E-state index contributed by atoms with van der Waals surface area (Å²) in [5.41, 5.74) is 6.35. The fourth-order valence-corrected chi connectivity index (χ4v) is 1.32. The molecular formula is C9H8ClN3O2. The molecule has 0 saturated heterocycles. The Kier molecular flexibility index (Phi) is 2.47. The molecule has 5 nitrogen and oxygen atoms in total. The average Bonchev–Trinajstić information content (AvgIpc) is 2.53. The molecular weight excluding hydrogens is 218 g/mol. The fourth-order valence-electron chi connectivity index (χ4n) is 1.20. The van der Waals surface area contributed by atoms with Gasteiger partial charge in [-0.1, -0.05) is 23.7 Å². The first kappa shape index (κ1) is 9.79. The minimum atomic E-state index is -0.567. The van der Waals surface area contributed by atoms with Crippen LogP contribution in [0.2, 0.25) is 5.02 Å². The molecule has 1 aromatic heterocycles. The maximum Gasteiger partial charge on any atom is 0.443 e. The van der Waals surface area contributed by atoms with E-state index in [1.807, 2.05) is 0 Å². The maximum absolute atomic E-state index is 11.1. The first-order valence-corrected chi connectivity index (χ1v) is 4.61. The Bertz CT molecular complexity index is 515. The lowest BCUT2D eigenvalue weighted by Gasteiger charge is -2.01. The quantitative estimate of drug-likeness (QED) is 0.831. The topological polar surface area (TPSA) is 74.1 Å². The second kappa shape index (κ2) is 3.78. The molecule has 15 heavy (non-hydrogen) atoms. The van der Waals surface area contributed by atoms with Crippen molar-refractivity contribution in [3.63, 3.8) is 0 Å². The first-order valence-electron chi connectivity index (χ1n) is 4.23. The Morgan fingerprint density at radius 3 is 2.60 bits per heavy atom. The molecule has 0 aliphatic carbocycles. The standard InChI is InChI=1S/C9H8ClN3O2/c10-7-3-1-6(2-4-7)5-13-8(11)12-15-9(13)14/h1-4H,5H2,(H2,11,12). The third-order valence-corrected chi connectivity index (χ3v) is 2.22. The van der Waals surface area contributed by atoms with Crippen molar-refractivity contribution in [2.45, 2.75) is 6.54 Å². The number of benzene rings is 1. The predicted molar refractivity (Wildman–Crippen MR) is 55.7 cm³/mol. The Morgan fingerprint density at radius 1 is 1.40 bits per heavy atom. The predicted octanol–water partition coefficient (Wildman–Crippen LogP) is 1.12. The van der Waals surface area contributed by atoms with Crippen LogP contribution in [-0.4, -0.2) is 9.72 Å². The van der Waals surface area contributed by atoms with Gasteiger partial charge in [-0.15, -0.1) is 0 Å². The van der Waals surface area contributed by atoms with Crippen molar-refractivity contribution < 1.29 is 4.52 Å². The lowest BCUT2D eigenvalue weighted by atomic mass is 10.2. The van der Waals surface area contributed by atoms with E-state index in [1.54, 1.807) is 24.3 Å². The van der Waals surface area contributed by atoms with Crippen LogP contribution in [0, 0.1) is 0 Å². The molecule has 2 aromatic rings. The van der Waals surface area contributed by atoms with E-state index in [4.69, 9.17) is 17.3 Å². The number of aromatic nitrogens is 2. The molecule has 0 unspecified atom stereocenters. The van der Waals surface area contributed by atoms with Crippen molar-refractivity contribution in [3.8, 4) is 0 Å². The van der Waals surface area contributed by atoms with E-state index >= 15 is 0 Å². The van der Waals surface area contributed by atoms with Crippen LogP contribution in [0.5, 0.6) is 0 Å². The molecule has 6 heteroatoms. The van der Waals surface area contributed by atoms with Gasteiger partial charge in [-0.05, 0) is 22.9 Å². The molecule has 2 N–H and O–H groups in total. The van der Waals surface area contributed by atoms with Crippen molar-refractivity contribution in [1.82, 2.24) is 9.72 Å². The summed E-state index contributed by atoms with van der Waals surface area (Å²) in [6, 6.07) is 7.10. The molecule has 0 aliphatic rings. The summed E-state index contributed by atoms with van der Waals surface area (Å²) in [4.78, 5) is 11.1. The van der Waals surface area contributed by atoms with Gasteiger partial charge in [0.15, 0.2) is 0 Å². The average molecular weight is 226 g/mol. The zero-order chi connectivity index (χ0) is 10.8. The number of hydrogen-bond acceptors (Lipinski definition) is 4. The number of rotatable bonds is 2. The Balaban J connectivity index is 2.29. The van der Waals surface area contributed by atoms with Gasteiger partial charge < -0.3 is 5.73 Å². The van der Waals surface area contributed by atoms with Gasteiger partial charge in [-0.3, -0.25) is 4.52 Å². The number of nitrogen functional groups attached to an aromatic ring is 1. The Hall–Kier alpha value is -1.75. The lowest BCUT2D eigenvalue weighted by molar-refractivity contribution is 0.378. The molecule has 0 amide bonds. The van der Waals surface area contributed by atoms with E-state index in [0.29, 0.717) is 11.6 Å². The van der Waals surface area contributed by atoms with Crippen LogP contribution in [0.15, 0.2) is 33.6 Å². The zero-order valence-corrected chi connectivity index (χ0v) is 8.44. The summed E-state index contributed by atoms with van der Waals surface area (Å²) in [6.07, 6.45) is 0. The molecule has 0 spiro atoms. The molecule has 0 aliphatic heterocycles. The normalized spacial score (nSPS) is 10.5. The second-order valence-corrected chi connectivity index (χ2v) is 3.46. The summed E-state index contributed by atoms with van der Waals surface area (Å²) in [5, 5.41) is 4.00. The van der Waals surface area contributed by atoms with E-state index in [1.165, 1.54) is 4.57 Å².